The molecule has 4 heteroatoms. The summed E-state index contributed by atoms with van der Waals surface area (Å²) in [7, 11) is -1.04. The van der Waals surface area contributed by atoms with Gasteiger partial charge in [0, 0.05) is 11.0 Å². The highest BCUT2D eigenvalue weighted by Crippen LogP contribution is 2.22. The molecule has 18 heavy (non-hydrogen) atoms. The SMILES string of the molecule is NCc1cccc(CS(=O)c2ccccc2Br)c1. The molecule has 2 aromatic carbocycles. The lowest BCUT2D eigenvalue weighted by molar-refractivity contribution is 0.682. The van der Waals surface area contributed by atoms with Gasteiger partial charge in [0.25, 0.3) is 0 Å². The first kappa shape index (κ1) is 13.5. The summed E-state index contributed by atoms with van der Waals surface area (Å²) >= 11 is 3.43. The van der Waals surface area contributed by atoms with Crippen LogP contribution in [0.4, 0.5) is 0 Å². The molecule has 94 valence electrons. The van der Waals surface area contributed by atoms with Crippen molar-refractivity contribution in [3.05, 3.63) is 64.1 Å². The molecule has 0 saturated carbocycles. The fourth-order valence-electron chi connectivity index (χ4n) is 1.70. The molecular weight excluding hydrogens is 310 g/mol. The molecule has 0 radical (unpaired) electrons. The third kappa shape index (κ3) is 3.28. The Balaban J connectivity index is 2.19. The molecule has 1 atom stereocenters. The molecule has 0 aromatic heterocycles. The van der Waals surface area contributed by atoms with Crippen LogP contribution in [-0.4, -0.2) is 4.21 Å². The Kier molecular flexibility index (Phi) is 4.69. The summed E-state index contributed by atoms with van der Waals surface area (Å²) in [4.78, 5) is 0.829. The smallest absolute Gasteiger partial charge is 0.0585 e. The number of hydrogen-bond acceptors (Lipinski definition) is 2. The molecule has 0 heterocycles. The summed E-state index contributed by atoms with van der Waals surface area (Å²) in [5, 5.41) is 0. The first-order valence-corrected chi connectivity index (χ1v) is 7.72. The topological polar surface area (TPSA) is 43.1 Å². The van der Waals surface area contributed by atoms with Crippen molar-refractivity contribution in [3.63, 3.8) is 0 Å². The fraction of sp³-hybridized carbons (Fsp3) is 0.143. The van der Waals surface area contributed by atoms with Crippen LogP contribution in [0.2, 0.25) is 0 Å². The highest BCUT2D eigenvalue weighted by molar-refractivity contribution is 9.10. The largest absolute Gasteiger partial charge is 0.326 e. The van der Waals surface area contributed by atoms with E-state index in [4.69, 9.17) is 5.73 Å². The van der Waals surface area contributed by atoms with Gasteiger partial charge >= 0.3 is 0 Å². The minimum atomic E-state index is -1.04. The van der Waals surface area contributed by atoms with Crippen LogP contribution in [0.3, 0.4) is 0 Å². The summed E-state index contributed by atoms with van der Waals surface area (Å²) in [6.45, 7) is 0.509. The summed E-state index contributed by atoms with van der Waals surface area (Å²) in [6, 6.07) is 15.5. The van der Waals surface area contributed by atoms with Crippen molar-refractivity contribution < 1.29 is 4.21 Å². The van der Waals surface area contributed by atoms with Gasteiger partial charge in [0.15, 0.2) is 0 Å². The van der Waals surface area contributed by atoms with Crippen LogP contribution < -0.4 is 5.73 Å². The van der Waals surface area contributed by atoms with Crippen LogP contribution in [0.1, 0.15) is 11.1 Å². The van der Waals surface area contributed by atoms with Gasteiger partial charge in [-0.15, -0.1) is 0 Å². The predicted molar refractivity (Wildman–Crippen MR) is 78.6 cm³/mol. The quantitative estimate of drug-likeness (QED) is 0.938. The van der Waals surface area contributed by atoms with Crippen molar-refractivity contribution in [3.8, 4) is 0 Å². The van der Waals surface area contributed by atoms with Crippen LogP contribution in [-0.2, 0) is 23.1 Å². The third-order valence-electron chi connectivity index (χ3n) is 2.61. The Morgan fingerprint density at radius 3 is 2.50 bits per heavy atom. The van der Waals surface area contributed by atoms with Crippen LogP contribution in [0.25, 0.3) is 0 Å². The van der Waals surface area contributed by atoms with E-state index in [0.29, 0.717) is 12.3 Å². The maximum Gasteiger partial charge on any atom is 0.0585 e. The standard InChI is InChI=1S/C14H14BrNOS/c15-13-6-1-2-7-14(13)18(17)10-12-5-3-4-11(8-12)9-16/h1-8H,9-10,16H2. The van der Waals surface area contributed by atoms with Gasteiger partial charge in [-0.2, -0.15) is 0 Å². The fourth-order valence-corrected chi connectivity index (χ4v) is 3.69. The summed E-state index contributed by atoms with van der Waals surface area (Å²) < 4.78 is 13.2. The van der Waals surface area contributed by atoms with Crippen molar-refractivity contribution in [2.24, 2.45) is 5.73 Å². The summed E-state index contributed by atoms with van der Waals surface area (Å²) in [5.41, 5.74) is 7.72. The summed E-state index contributed by atoms with van der Waals surface area (Å²) in [6.07, 6.45) is 0. The van der Waals surface area contributed by atoms with E-state index < -0.39 is 10.8 Å². The highest BCUT2D eigenvalue weighted by atomic mass is 79.9. The van der Waals surface area contributed by atoms with Gasteiger partial charge in [0.1, 0.15) is 0 Å². The molecule has 0 amide bonds. The Hall–Kier alpha value is -0.970. The second-order valence-electron chi connectivity index (χ2n) is 3.94. The number of nitrogens with two attached hydrogens (primary N) is 1. The minimum absolute atomic E-state index is 0.509. The Bertz CT molecular complexity index is 571. The van der Waals surface area contributed by atoms with E-state index in [-0.39, 0.29) is 0 Å². The van der Waals surface area contributed by atoms with Gasteiger partial charge in [-0.25, -0.2) is 0 Å². The molecule has 2 nitrogen and oxygen atoms in total. The molecular formula is C14H14BrNOS. The highest BCUT2D eigenvalue weighted by Gasteiger charge is 2.08. The van der Waals surface area contributed by atoms with Gasteiger partial charge in [-0.3, -0.25) is 4.21 Å². The van der Waals surface area contributed by atoms with E-state index in [1.165, 1.54) is 0 Å². The zero-order valence-corrected chi connectivity index (χ0v) is 12.2. The zero-order valence-electron chi connectivity index (χ0n) is 9.80. The van der Waals surface area contributed by atoms with Gasteiger partial charge in [0.05, 0.1) is 21.4 Å². The monoisotopic (exact) mass is 323 g/mol. The first-order chi connectivity index (χ1) is 8.70. The van der Waals surface area contributed by atoms with Crippen molar-refractivity contribution in [1.82, 2.24) is 0 Å². The average molecular weight is 324 g/mol. The second-order valence-corrected chi connectivity index (χ2v) is 6.22. The molecule has 0 aliphatic rings. The molecule has 2 N–H and O–H groups in total. The van der Waals surface area contributed by atoms with Crippen LogP contribution >= 0.6 is 15.9 Å². The molecule has 0 saturated heterocycles. The lowest BCUT2D eigenvalue weighted by atomic mass is 10.1. The molecule has 2 aromatic rings. The number of halogens is 1. The maximum absolute atomic E-state index is 12.3. The van der Waals surface area contributed by atoms with E-state index in [0.717, 1.165) is 20.5 Å². The second kappa shape index (κ2) is 6.27. The molecule has 0 aliphatic heterocycles. The average Bonchev–Trinajstić information content (AvgIpc) is 2.39. The molecule has 2 rings (SSSR count). The van der Waals surface area contributed by atoms with Gasteiger partial charge in [-0.05, 0) is 39.2 Å². The molecule has 0 bridgehead atoms. The zero-order chi connectivity index (χ0) is 13.0. The van der Waals surface area contributed by atoms with Crippen molar-refractivity contribution >= 4 is 26.7 Å². The molecule has 1 unspecified atom stereocenters. The Morgan fingerprint density at radius 2 is 1.78 bits per heavy atom. The van der Waals surface area contributed by atoms with Gasteiger partial charge in [0.2, 0.25) is 0 Å². The molecule has 0 aliphatic carbocycles. The van der Waals surface area contributed by atoms with Crippen LogP contribution in [0.15, 0.2) is 57.9 Å². The summed E-state index contributed by atoms with van der Waals surface area (Å²) in [5.74, 6) is 0.510. The normalized spacial score (nSPS) is 12.3. The van der Waals surface area contributed by atoms with Crippen LogP contribution in [0.5, 0.6) is 0 Å². The lowest BCUT2D eigenvalue weighted by Gasteiger charge is -2.06. The molecule has 0 spiro atoms. The Morgan fingerprint density at radius 1 is 1.06 bits per heavy atom. The number of rotatable bonds is 4. The third-order valence-corrected chi connectivity index (χ3v) is 5.00. The predicted octanol–water partition coefficient (Wildman–Crippen LogP) is 3.22. The van der Waals surface area contributed by atoms with Crippen molar-refractivity contribution in [2.45, 2.75) is 17.2 Å². The van der Waals surface area contributed by atoms with Crippen molar-refractivity contribution in [2.75, 3.05) is 0 Å². The van der Waals surface area contributed by atoms with Gasteiger partial charge in [-0.1, -0.05) is 36.4 Å². The van der Waals surface area contributed by atoms with E-state index in [1.54, 1.807) is 0 Å². The van der Waals surface area contributed by atoms with Crippen LogP contribution in [0, 0.1) is 0 Å². The first-order valence-electron chi connectivity index (χ1n) is 5.61. The van der Waals surface area contributed by atoms with Gasteiger partial charge < -0.3 is 5.73 Å². The lowest BCUT2D eigenvalue weighted by Crippen LogP contribution is -2.00. The van der Waals surface area contributed by atoms with E-state index in [2.05, 4.69) is 15.9 Å². The van der Waals surface area contributed by atoms with Crippen molar-refractivity contribution in [1.29, 1.82) is 0 Å². The van der Waals surface area contributed by atoms with E-state index >= 15 is 0 Å². The molecule has 0 fully saturated rings. The Labute approximate surface area is 118 Å². The maximum atomic E-state index is 12.3. The number of hydrogen-bond donors (Lipinski definition) is 1. The van der Waals surface area contributed by atoms with E-state index in [9.17, 15) is 4.21 Å². The minimum Gasteiger partial charge on any atom is -0.326 e. The number of benzene rings is 2. The van der Waals surface area contributed by atoms with E-state index in [1.807, 2.05) is 48.5 Å².